The quantitative estimate of drug-likeness (QED) is 0.689. The number of hydrogen-bond donors (Lipinski definition) is 2. The maximum Gasteiger partial charge on any atom is 0.251 e. The van der Waals surface area contributed by atoms with Gasteiger partial charge >= 0.3 is 0 Å². The molecule has 2 rings (SSSR count). The summed E-state index contributed by atoms with van der Waals surface area (Å²) in [4.78, 5) is 25.5. The highest BCUT2D eigenvalue weighted by Gasteiger charge is 2.15. The first kappa shape index (κ1) is 19.8. The summed E-state index contributed by atoms with van der Waals surface area (Å²) in [6.07, 6.45) is 0.877. The Labute approximate surface area is 158 Å². The second-order valence-electron chi connectivity index (χ2n) is 5.76. The number of benzene rings is 2. The van der Waals surface area contributed by atoms with Crippen molar-refractivity contribution in [1.29, 1.82) is 0 Å². The molecule has 0 heterocycles. The summed E-state index contributed by atoms with van der Waals surface area (Å²) in [6, 6.07) is 14.5. The van der Waals surface area contributed by atoms with Crippen molar-refractivity contribution in [3.63, 3.8) is 0 Å². The molecule has 0 aliphatic rings. The first-order chi connectivity index (χ1) is 12.5. The van der Waals surface area contributed by atoms with Crippen molar-refractivity contribution in [3.05, 3.63) is 54.1 Å². The fraction of sp³-hybridized carbons (Fsp3) is 0.300. The number of carbonyl (C=O) groups is 2. The molecule has 0 spiro atoms. The van der Waals surface area contributed by atoms with Gasteiger partial charge in [0.2, 0.25) is 5.91 Å². The first-order valence-corrected chi connectivity index (χ1v) is 9.41. The molecule has 26 heavy (non-hydrogen) atoms. The van der Waals surface area contributed by atoms with Gasteiger partial charge in [0, 0.05) is 22.7 Å². The Morgan fingerprint density at radius 2 is 1.88 bits per heavy atom. The Balaban J connectivity index is 1.96. The number of methoxy groups -OCH3 is 1. The molecule has 2 amide bonds. The van der Waals surface area contributed by atoms with E-state index in [1.54, 1.807) is 31.4 Å². The summed E-state index contributed by atoms with van der Waals surface area (Å²) in [7, 11) is 1.62. The molecule has 2 N–H and O–H groups in total. The Hall–Kier alpha value is -2.47. The van der Waals surface area contributed by atoms with E-state index >= 15 is 0 Å². The number of ether oxygens (including phenoxy) is 1. The van der Waals surface area contributed by atoms with Crippen LogP contribution in [0.25, 0.3) is 0 Å². The zero-order chi connectivity index (χ0) is 18.9. The maximum atomic E-state index is 12.4. The summed E-state index contributed by atoms with van der Waals surface area (Å²) in [5.41, 5.74) is 1.15. The van der Waals surface area contributed by atoms with Crippen LogP contribution in [-0.2, 0) is 4.79 Å². The minimum Gasteiger partial charge on any atom is -0.497 e. The molecule has 138 valence electrons. The van der Waals surface area contributed by atoms with E-state index in [0.29, 0.717) is 17.8 Å². The Morgan fingerprint density at radius 3 is 2.54 bits per heavy atom. The third-order valence-electron chi connectivity index (χ3n) is 3.67. The van der Waals surface area contributed by atoms with Gasteiger partial charge in [0.25, 0.3) is 5.91 Å². The molecule has 0 bridgehead atoms. The lowest BCUT2D eigenvalue weighted by molar-refractivity contribution is -0.115. The lowest BCUT2D eigenvalue weighted by atomic mass is 10.2. The summed E-state index contributed by atoms with van der Waals surface area (Å²) in [6.45, 7) is 4.48. The van der Waals surface area contributed by atoms with Crippen LogP contribution in [0.2, 0.25) is 0 Å². The van der Waals surface area contributed by atoms with Crippen LogP contribution < -0.4 is 15.4 Å². The molecule has 0 aliphatic heterocycles. The molecule has 1 atom stereocenters. The van der Waals surface area contributed by atoms with Crippen LogP contribution in [0, 0.1) is 0 Å². The lowest BCUT2D eigenvalue weighted by Crippen LogP contribution is -2.25. The predicted molar refractivity (Wildman–Crippen MR) is 106 cm³/mol. The molecule has 0 saturated heterocycles. The van der Waals surface area contributed by atoms with Gasteiger partial charge in [-0.2, -0.15) is 0 Å². The van der Waals surface area contributed by atoms with E-state index < -0.39 is 0 Å². The molecule has 0 saturated carbocycles. The molecule has 1 unspecified atom stereocenters. The Morgan fingerprint density at radius 1 is 1.15 bits per heavy atom. The molecule has 0 aromatic heterocycles. The molecule has 2 aromatic rings. The molecular weight excluding hydrogens is 348 g/mol. The molecule has 0 fully saturated rings. The highest BCUT2D eigenvalue weighted by atomic mass is 32.2. The number of carbonyl (C=O) groups excluding carboxylic acids is 2. The van der Waals surface area contributed by atoms with Crippen LogP contribution in [0.4, 0.5) is 5.69 Å². The Kier molecular flexibility index (Phi) is 7.53. The minimum absolute atomic E-state index is 0.114. The van der Waals surface area contributed by atoms with Crippen LogP contribution in [-0.4, -0.2) is 30.7 Å². The average Bonchev–Trinajstić information content (AvgIpc) is 2.66. The predicted octanol–water partition coefficient (Wildman–Crippen LogP) is 3.95. The molecule has 0 aliphatic carbocycles. The van der Waals surface area contributed by atoms with Crippen molar-refractivity contribution >= 4 is 29.3 Å². The van der Waals surface area contributed by atoms with Crippen molar-refractivity contribution in [3.8, 4) is 5.75 Å². The summed E-state index contributed by atoms with van der Waals surface area (Å²) < 4.78 is 5.13. The molecule has 5 nitrogen and oxygen atoms in total. The van der Waals surface area contributed by atoms with Crippen LogP contribution in [0.1, 0.15) is 30.6 Å². The fourth-order valence-corrected chi connectivity index (χ4v) is 3.10. The molecule has 6 heteroatoms. The van der Waals surface area contributed by atoms with Crippen molar-refractivity contribution in [2.75, 3.05) is 19.0 Å². The van der Waals surface area contributed by atoms with Crippen molar-refractivity contribution in [2.45, 2.75) is 30.4 Å². The topological polar surface area (TPSA) is 67.4 Å². The summed E-state index contributed by atoms with van der Waals surface area (Å²) >= 11 is 1.46. The van der Waals surface area contributed by atoms with Crippen LogP contribution in [0.15, 0.2) is 53.4 Å². The van der Waals surface area contributed by atoms with Crippen molar-refractivity contribution < 1.29 is 14.3 Å². The SMILES string of the molecule is CCCNC(=O)c1cccc(NC(=O)C(C)Sc2ccc(OC)cc2)c1. The van der Waals surface area contributed by atoms with Crippen molar-refractivity contribution in [1.82, 2.24) is 5.32 Å². The second kappa shape index (κ2) is 9.87. The highest BCUT2D eigenvalue weighted by molar-refractivity contribution is 8.00. The van der Waals surface area contributed by atoms with E-state index in [1.165, 1.54) is 11.8 Å². The van der Waals surface area contributed by atoms with Gasteiger partial charge in [-0.1, -0.05) is 13.0 Å². The van der Waals surface area contributed by atoms with Gasteiger partial charge in [-0.3, -0.25) is 9.59 Å². The van der Waals surface area contributed by atoms with Crippen LogP contribution in [0.3, 0.4) is 0 Å². The monoisotopic (exact) mass is 372 g/mol. The average molecular weight is 372 g/mol. The largest absolute Gasteiger partial charge is 0.497 e. The number of rotatable bonds is 8. The number of anilines is 1. The van der Waals surface area contributed by atoms with Gasteiger partial charge in [-0.25, -0.2) is 0 Å². The van der Waals surface area contributed by atoms with E-state index in [2.05, 4.69) is 10.6 Å². The zero-order valence-electron chi connectivity index (χ0n) is 15.2. The summed E-state index contributed by atoms with van der Waals surface area (Å²) in [5.74, 6) is 0.533. The standard InChI is InChI=1S/C20H24N2O3S/c1-4-12-21-20(24)15-6-5-7-16(13-15)22-19(23)14(2)26-18-10-8-17(25-3)9-11-18/h5-11,13-14H,4,12H2,1-3H3,(H,21,24)(H,22,23). The van der Waals surface area contributed by atoms with Gasteiger partial charge < -0.3 is 15.4 Å². The van der Waals surface area contributed by atoms with E-state index in [1.807, 2.05) is 38.1 Å². The fourth-order valence-electron chi connectivity index (χ4n) is 2.23. The number of hydrogen-bond acceptors (Lipinski definition) is 4. The van der Waals surface area contributed by atoms with Crippen LogP contribution in [0.5, 0.6) is 5.75 Å². The van der Waals surface area contributed by atoms with Crippen molar-refractivity contribution in [2.24, 2.45) is 0 Å². The zero-order valence-corrected chi connectivity index (χ0v) is 16.1. The normalized spacial score (nSPS) is 11.5. The van der Waals surface area contributed by atoms with E-state index in [-0.39, 0.29) is 17.1 Å². The smallest absolute Gasteiger partial charge is 0.251 e. The highest BCUT2D eigenvalue weighted by Crippen LogP contribution is 2.26. The van der Waals surface area contributed by atoms with Gasteiger partial charge in [-0.15, -0.1) is 11.8 Å². The number of nitrogens with one attached hydrogen (secondary N) is 2. The number of thioether (sulfide) groups is 1. The minimum atomic E-state index is -0.277. The van der Waals surface area contributed by atoms with Gasteiger partial charge in [0.15, 0.2) is 0 Å². The third kappa shape index (κ3) is 5.81. The van der Waals surface area contributed by atoms with Crippen LogP contribution >= 0.6 is 11.8 Å². The van der Waals surface area contributed by atoms with E-state index in [4.69, 9.17) is 4.74 Å². The second-order valence-corrected chi connectivity index (χ2v) is 7.18. The number of amides is 2. The summed E-state index contributed by atoms with van der Waals surface area (Å²) in [5, 5.41) is 5.42. The van der Waals surface area contributed by atoms with E-state index in [9.17, 15) is 9.59 Å². The Bertz CT molecular complexity index is 747. The first-order valence-electron chi connectivity index (χ1n) is 8.53. The molecular formula is C20H24N2O3S. The van der Waals surface area contributed by atoms with E-state index in [0.717, 1.165) is 17.1 Å². The third-order valence-corrected chi connectivity index (χ3v) is 4.78. The van der Waals surface area contributed by atoms with Gasteiger partial charge in [-0.05, 0) is 55.8 Å². The lowest BCUT2D eigenvalue weighted by Gasteiger charge is -2.13. The van der Waals surface area contributed by atoms with Gasteiger partial charge in [0.1, 0.15) is 5.75 Å². The maximum absolute atomic E-state index is 12.4. The molecule has 0 radical (unpaired) electrons. The molecule has 2 aromatic carbocycles. The van der Waals surface area contributed by atoms with Gasteiger partial charge in [0.05, 0.1) is 12.4 Å².